The second-order valence-corrected chi connectivity index (χ2v) is 11.2. The Morgan fingerprint density at radius 3 is 2.29 bits per heavy atom. The fourth-order valence-electron chi connectivity index (χ4n) is 5.89. The van der Waals surface area contributed by atoms with E-state index in [2.05, 4.69) is 5.32 Å². The number of nitrogens with zero attached hydrogens (tertiary/aromatic N) is 1. The highest BCUT2D eigenvalue weighted by Crippen LogP contribution is 2.44. The van der Waals surface area contributed by atoms with Crippen molar-refractivity contribution in [3.8, 4) is 0 Å². The minimum Gasteiger partial charge on any atom is -0.391 e. The van der Waals surface area contributed by atoms with Crippen LogP contribution in [0.15, 0.2) is 65.8 Å². The average molecular weight is 568 g/mol. The number of nitrogens with two attached hydrogens (primary N) is 1. The number of carbonyl (C=O) groups is 2. The van der Waals surface area contributed by atoms with Crippen LogP contribution in [0.25, 0.3) is 0 Å². The van der Waals surface area contributed by atoms with Gasteiger partial charge in [0.25, 0.3) is 0 Å². The quantitative estimate of drug-likeness (QED) is 0.300. The highest BCUT2D eigenvalue weighted by molar-refractivity contribution is 5.96. The average Bonchev–Trinajstić information content (AvgIpc) is 2.90. The van der Waals surface area contributed by atoms with E-state index >= 15 is 0 Å². The van der Waals surface area contributed by atoms with Crippen LogP contribution < -0.4 is 11.1 Å². The molecule has 2 aromatic rings. The molecule has 0 radical (unpaired) electrons. The molecule has 0 aromatic heterocycles. The molecule has 3 atom stereocenters. The highest BCUT2D eigenvalue weighted by atomic mass is 19.1. The molecule has 0 heterocycles. The van der Waals surface area contributed by atoms with Crippen LogP contribution in [-0.4, -0.2) is 47.6 Å². The third-order valence-corrected chi connectivity index (χ3v) is 7.65. The first-order valence-corrected chi connectivity index (χ1v) is 14.4. The van der Waals surface area contributed by atoms with Crippen molar-refractivity contribution in [3.63, 3.8) is 0 Å². The molecule has 2 amide bonds. The molecule has 4 N–H and O–H groups in total. The van der Waals surface area contributed by atoms with E-state index in [1.807, 2.05) is 45.0 Å². The summed E-state index contributed by atoms with van der Waals surface area (Å²) in [6.45, 7) is 9.51. The number of rotatable bonds is 14. The van der Waals surface area contributed by atoms with Gasteiger partial charge in [-0.25, -0.2) is 8.78 Å². The van der Waals surface area contributed by atoms with Gasteiger partial charge in [-0.15, -0.1) is 0 Å². The maximum Gasteiger partial charge on any atom is 0.249 e. The number of halogens is 2. The number of carbonyl (C=O) groups excluding carboxylic acids is 2. The van der Waals surface area contributed by atoms with E-state index in [1.165, 1.54) is 12.1 Å². The predicted octanol–water partition coefficient (Wildman–Crippen LogP) is 4.98. The molecule has 0 spiro atoms. The molecular weight excluding hydrogens is 524 g/mol. The molecule has 1 unspecified atom stereocenters. The Morgan fingerprint density at radius 1 is 1.05 bits per heavy atom. The number of aliphatic hydroxyl groups excluding tert-OH is 1. The fourth-order valence-corrected chi connectivity index (χ4v) is 5.89. The van der Waals surface area contributed by atoms with Gasteiger partial charge in [-0.3, -0.25) is 9.59 Å². The molecule has 6 nitrogen and oxygen atoms in total. The molecule has 0 saturated heterocycles. The second-order valence-electron chi connectivity index (χ2n) is 11.2. The van der Waals surface area contributed by atoms with Gasteiger partial charge in [0.1, 0.15) is 11.6 Å². The first kappa shape index (κ1) is 32.2. The van der Waals surface area contributed by atoms with E-state index in [4.69, 9.17) is 5.73 Å². The number of allylic oxidation sites excluding steroid dienone is 2. The lowest BCUT2D eigenvalue weighted by molar-refractivity contribution is -0.132. The van der Waals surface area contributed by atoms with E-state index in [0.29, 0.717) is 30.8 Å². The highest BCUT2D eigenvalue weighted by Gasteiger charge is 2.48. The molecule has 3 rings (SSSR count). The Bertz CT molecular complexity index is 1270. The van der Waals surface area contributed by atoms with Gasteiger partial charge < -0.3 is 21.1 Å². The zero-order valence-corrected chi connectivity index (χ0v) is 24.6. The molecular formula is C33H43F2N3O3. The summed E-state index contributed by atoms with van der Waals surface area (Å²) in [7, 11) is 0. The predicted molar refractivity (Wildman–Crippen MR) is 158 cm³/mol. The number of aliphatic hydroxyl groups is 1. The molecule has 0 aliphatic heterocycles. The van der Waals surface area contributed by atoms with E-state index in [0.717, 1.165) is 30.0 Å². The maximum absolute atomic E-state index is 14.2. The lowest BCUT2D eigenvalue weighted by Gasteiger charge is -2.42. The third-order valence-electron chi connectivity index (χ3n) is 7.65. The number of benzene rings is 2. The zero-order chi connectivity index (χ0) is 30.2. The van der Waals surface area contributed by atoms with Gasteiger partial charge in [0.2, 0.25) is 11.8 Å². The Labute approximate surface area is 242 Å². The summed E-state index contributed by atoms with van der Waals surface area (Å²) in [5.41, 5.74) is 8.16. The van der Waals surface area contributed by atoms with Gasteiger partial charge in [-0.1, -0.05) is 61.4 Å². The number of primary amides is 1. The Balaban J connectivity index is 1.98. The largest absolute Gasteiger partial charge is 0.391 e. The van der Waals surface area contributed by atoms with Crippen LogP contribution in [0.5, 0.6) is 0 Å². The van der Waals surface area contributed by atoms with Gasteiger partial charge in [-0.2, -0.15) is 0 Å². The molecule has 222 valence electrons. The van der Waals surface area contributed by atoms with Crippen molar-refractivity contribution in [2.24, 2.45) is 17.1 Å². The van der Waals surface area contributed by atoms with Crippen LogP contribution in [0.3, 0.4) is 0 Å². The van der Waals surface area contributed by atoms with Crippen LogP contribution >= 0.6 is 0 Å². The minimum absolute atomic E-state index is 0.0140. The number of amides is 2. The first-order chi connectivity index (χ1) is 19.5. The monoisotopic (exact) mass is 567 g/mol. The molecule has 0 saturated carbocycles. The van der Waals surface area contributed by atoms with Crippen molar-refractivity contribution in [2.45, 2.75) is 66.0 Å². The van der Waals surface area contributed by atoms with Crippen molar-refractivity contribution in [1.82, 2.24) is 10.2 Å². The van der Waals surface area contributed by atoms with Crippen molar-refractivity contribution in [2.75, 3.05) is 19.6 Å². The van der Waals surface area contributed by atoms with Gasteiger partial charge in [0, 0.05) is 43.7 Å². The van der Waals surface area contributed by atoms with E-state index in [1.54, 1.807) is 24.0 Å². The standard InChI is InChI=1S/C33H43F2N3O3/c1-5-10-38(11-6-2)31(40)26-13-23(4)18-33(19-26,32(36)41)29(16-25-14-27(34)17-28(35)15-25)30(39)21-37-20-24-9-7-8-22(3)12-24/h7-9,12-15,17-18,29-30,37,39H,5-6,10-11,16,19-21H2,1-4H3,(H2,36,41)/t29-,30+,33?/m1/s1. The topological polar surface area (TPSA) is 95.7 Å². The Morgan fingerprint density at radius 2 is 1.71 bits per heavy atom. The maximum atomic E-state index is 14.2. The van der Waals surface area contributed by atoms with Crippen molar-refractivity contribution in [3.05, 3.63) is 94.1 Å². The van der Waals surface area contributed by atoms with Gasteiger partial charge >= 0.3 is 0 Å². The Hall–Kier alpha value is -3.36. The lowest BCUT2D eigenvalue weighted by atomic mass is 9.63. The summed E-state index contributed by atoms with van der Waals surface area (Å²) in [6, 6.07) is 11.1. The second kappa shape index (κ2) is 14.5. The molecule has 0 fully saturated rings. The molecule has 1 aliphatic carbocycles. The van der Waals surface area contributed by atoms with Gasteiger partial charge in [0.15, 0.2) is 0 Å². The van der Waals surface area contributed by atoms with Crippen LogP contribution in [0.4, 0.5) is 8.78 Å². The van der Waals surface area contributed by atoms with Crippen molar-refractivity contribution in [1.29, 1.82) is 0 Å². The van der Waals surface area contributed by atoms with Gasteiger partial charge in [0.05, 0.1) is 11.5 Å². The van der Waals surface area contributed by atoms with E-state index in [9.17, 15) is 23.5 Å². The zero-order valence-electron chi connectivity index (χ0n) is 24.6. The van der Waals surface area contributed by atoms with Crippen LogP contribution in [0.1, 0.15) is 56.7 Å². The van der Waals surface area contributed by atoms with Crippen LogP contribution in [0.2, 0.25) is 0 Å². The molecule has 41 heavy (non-hydrogen) atoms. The summed E-state index contributed by atoms with van der Waals surface area (Å²) < 4.78 is 28.4. The molecule has 0 bridgehead atoms. The SMILES string of the molecule is CCCN(CCC)C(=O)C1=CC(C)=CC(C(N)=O)([C@H](Cc2cc(F)cc(F)c2)[C@@H](O)CNCc2cccc(C)c2)C1. The smallest absolute Gasteiger partial charge is 0.249 e. The fraction of sp³-hybridized carbons (Fsp3) is 0.455. The van der Waals surface area contributed by atoms with Gasteiger partial charge in [-0.05, 0) is 62.8 Å². The van der Waals surface area contributed by atoms with Crippen LogP contribution in [-0.2, 0) is 22.6 Å². The van der Waals surface area contributed by atoms with Crippen LogP contribution in [0, 0.1) is 29.9 Å². The number of hydrogen-bond donors (Lipinski definition) is 3. The minimum atomic E-state index is -1.46. The molecule has 2 aromatic carbocycles. The summed E-state index contributed by atoms with van der Waals surface area (Å²) >= 11 is 0. The third kappa shape index (κ3) is 8.33. The van der Waals surface area contributed by atoms with E-state index in [-0.39, 0.29) is 30.9 Å². The molecule has 8 heteroatoms. The number of aryl methyl sites for hydroxylation is 1. The summed E-state index contributed by atoms with van der Waals surface area (Å²) in [4.78, 5) is 28.8. The Kier molecular flexibility index (Phi) is 11.4. The normalized spacial score (nSPS) is 18.3. The lowest BCUT2D eigenvalue weighted by Crippen LogP contribution is -2.51. The van der Waals surface area contributed by atoms with E-state index < -0.39 is 35.0 Å². The summed E-state index contributed by atoms with van der Waals surface area (Å²) in [5, 5.41) is 14.8. The summed E-state index contributed by atoms with van der Waals surface area (Å²) in [6.07, 6.45) is 3.88. The number of nitrogens with one attached hydrogen (secondary N) is 1. The number of hydrogen-bond acceptors (Lipinski definition) is 4. The summed E-state index contributed by atoms with van der Waals surface area (Å²) in [5.74, 6) is -3.25. The first-order valence-electron chi connectivity index (χ1n) is 14.4. The van der Waals surface area contributed by atoms with Crippen molar-refractivity contribution >= 4 is 11.8 Å². The molecule has 1 aliphatic rings. The van der Waals surface area contributed by atoms with Crippen molar-refractivity contribution < 1.29 is 23.5 Å².